The van der Waals surface area contributed by atoms with Crippen molar-refractivity contribution in [1.29, 1.82) is 0 Å². The maximum absolute atomic E-state index is 12.1. The monoisotopic (exact) mass is 325 g/mol. The normalized spacial score (nSPS) is 11.6. The molecule has 0 aliphatic carbocycles. The number of thiazole rings is 1. The lowest BCUT2D eigenvalue weighted by molar-refractivity contribution is -0.133. The summed E-state index contributed by atoms with van der Waals surface area (Å²) in [6.07, 6.45) is 1.59. The zero-order valence-corrected chi connectivity index (χ0v) is 12.7. The van der Waals surface area contributed by atoms with Gasteiger partial charge in [0.15, 0.2) is 0 Å². The zero-order valence-electron chi connectivity index (χ0n) is 11.9. The number of rotatable bonds is 5. The van der Waals surface area contributed by atoms with E-state index in [9.17, 15) is 13.6 Å². The van der Waals surface area contributed by atoms with Crippen molar-refractivity contribution in [3.63, 3.8) is 0 Å². The van der Waals surface area contributed by atoms with E-state index in [1.807, 2.05) is 12.3 Å². The smallest absolute Gasteiger partial charge is 0.387 e. The van der Waals surface area contributed by atoms with E-state index in [0.29, 0.717) is 16.1 Å². The molecule has 0 unspecified atom stereocenters. The third-order valence-corrected chi connectivity index (χ3v) is 3.66. The summed E-state index contributed by atoms with van der Waals surface area (Å²) < 4.78 is 33.2. The molecule has 22 heavy (non-hydrogen) atoms. The average Bonchev–Trinajstić information content (AvgIpc) is 2.91. The van der Waals surface area contributed by atoms with Crippen LogP contribution < -0.4 is 4.74 Å². The van der Waals surface area contributed by atoms with Crippen LogP contribution in [-0.4, -0.2) is 24.7 Å². The summed E-state index contributed by atoms with van der Waals surface area (Å²) in [5.74, 6) is -0.459. The van der Waals surface area contributed by atoms with E-state index in [1.165, 1.54) is 30.6 Å². The van der Waals surface area contributed by atoms with Crippen molar-refractivity contribution in [2.24, 2.45) is 0 Å². The van der Waals surface area contributed by atoms with E-state index in [1.54, 1.807) is 18.2 Å². The molecular weight excluding hydrogens is 312 g/mol. The van der Waals surface area contributed by atoms with Gasteiger partial charge in [0.2, 0.25) is 0 Å². The van der Waals surface area contributed by atoms with Crippen molar-refractivity contribution in [3.05, 3.63) is 45.9 Å². The Bertz CT molecular complexity index is 680. The van der Waals surface area contributed by atoms with Crippen LogP contribution in [-0.2, 0) is 9.53 Å². The highest BCUT2D eigenvalue weighted by atomic mass is 32.1. The highest BCUT2D eigenvalue weighted by molar-refractivity contribution is 7.11. The lowest BCUT2D eigenvalue weighted by Crippen LogP contribution is -2.04. The number of carbonyl (C=O) groups excluding carboxylic acids is 1. The van der Waals surface area contributed by atoms with Gasteiger partial charge >= 0.3 is 12.6 Å². The second-order valence-corrected chi connectivity index (χ2v) is 5.15. The summed E-state index contributed by atoms with van der Waals surface area (Å²) >= 11 is 1.33. The van der Waals surface area contributed by atoms with Crippen molar-refractivity contribution in [2.45, 2.75) is 13.5 Å². The first-order valence-electron chi connectivity index (χ1n) is 6.27. The molecule has 1 heterocycles. The molecule has 7 heteroatoms. The van der Waals surface area contributed by atoms with Crippen molar-refractivity contribution in [3.8, 4) is 5.75 Å². The quantitative estimate of drug-likeness (QED) is 0.620. The van der Waals surface area contributed by atoms with E-state index in [0.717, 1.165) is 5.69 Å². The largest absolute Gasteiger partial charge is 0.465 e. The summed E-state index contributed by atoms with van der Waals surface area (Å²) in [5.41, 5.74) is 1.76. The van der Waals surface area contributed by atoms with E-state index in [-0.39, 0.29) is 5.75 Å². The van der Waals surface area contributed by atoms with Gasteiger partial charge in [0, 0.05) is 11.1 Å². The second kappa shape index (κ2) is 7.13. The first-order valence-corrected chi connectivity index (χ1v) is 7.15. The molecule has 0 spiro atoms. The summed E-state index contributed by atoms with van der Waals surface area (Å²) in [7, 11) is 1.29. The molecular formula is C15H13F2NO3S. The summed E-state index contributed by atoms with van der Waals surface area (Å²) in [6, 6.07) is 5.95. The lowest BCUT2D eigenvalue weighted by Gasteiger charge is -2.05. The molecule has 0 saturated carbocycles. The number of aromatic nitrogens is 1. The molecule has 1 aromatic carbocycles. The van der Waals surface area contributed by atoms with E-state index >= 15 is 0 Å². The Kier molecular flexibility index (Phi) is 5.21. The molecule has 2 rings (SSSR count). The number of ether oxygens (including phenoxy) is 2. The molecule has 0 radical (unpaired) electrons. The Morgan fingerprint density at radius 1 is 1.32 bits per heavy atom. The molecule has 0 amide bonds. The van der Waals surface area contributed by atoms with Crippen molar-refractivity contribution < 1.29 is 23.0 Å². The number of carbonyl (C=O) groups is 1. The number of alkyl halides is 2. The van der Waals surface area contributed by atoms with Gasteiger partial charge in [-0.2, -0.15) is 8.78 Å². The predicted molar refractivity (Wildman–Crippen MR) is 79.8 cm³/mol. The number of aryl methyl sites for hydroxylation is 1. The number of hydrogen-bond donors (Lipinski definition) is 0. The second-order valence-electron chi connectivity index (χ2n) is 4.29. The topological polar surface area (TPSA) is 48.4 Å². The van der Waals surface area contributed by atoms with Crippen molar-refractivity contribution >= 4 is 29.0 Å². The number of hydrogen-bond acceptors (Lipinski definition) is 5. The van der Waals surface area contributed by atoms with Gasteiger partial charge in [-0.05, 0) is 30.7 Å². The minimum absolute atomic E-state index is 0.0526. The maximum Gasteiger partial charge on any atom is 0.387 e. The minimum Gasteiger partial charge on any atom is -0.465 e. The number of benzene rings is 1. The third kappa shape index (κ3) is 4.11. The Labute approximate surface area is 130 Å². The fourth-order valence-electron chi connectivity index (χ4n) is 1.71. The first-order chi connectivity index (χ1) is 10.5. The Morgan fingerprint density at radius 2 is 2.00 bits per heavy atom. The van der Waals surface area contributed by atoms with Crippen LogP contribution in [0.25, 0.3) is 11.6 Å². The SMILES string of the molecule is COC(=O)/C(=C\c1ccc(OC(F)F)cc1)c1nc(C)cs1. The molecule has 0 saturated heterocycles. The molecule has 116 valence electrons. The highest BCUT2D eigenvalue weighted by Crippen LogP contribution is 2.24. The first kappa shape index (κ1) is 16.1. The summed E-state index contributed by atoms with van der Waals surface area (Å²) in [6.45, 7) is -1.05. The van der Waals surface area contributed by atoms with Crippen LogP contribution in [0.1, 0.15) is 16.3 Å². The van der Waals surface area contributed by atoms with Gasteiger partial charge in [0.1, 0.15) is 10.8 Å². The van der Waals surface area contributed by atoms with Gasteiger partial charge in [0.25, 0.3) is 0 Å². The summed E-state index contributed by atoms with van der Waals surface area (Å²) in [5, 5.41) is 2.36. The number of nitrogens with zero attached hydrogens (tertiary/aromatic N) is 1. The number of methoxy groups -OCH3 is 1. The molecule has 0 aliphatic rings. The van der Waals surface area contributed by atoms with E-state index < -0.39 is 12.6 Å². The van der Waals surface area contributed by atoms with Gasteiger partial charge < -0.3 is 9.47 Å². The van der Waals surface area contributed by atoms with E-state index in [4.69, 9.17) is 4.74 Å². The Morgan fingerprint density at radius 3 is 2.50 bits per heavy atom. The van der Waals surface area contributed by atoms with E-state index in [2.05, 4.69) is 9.72 Å². The zero-order chi connectivity index (χ0) is 16.1. The molecule has 0 fully saturated rings. The van der Waals surface area contributed by atoms with Gasteiger partial charge in [0.05, 0.1) is 12.7 Å². The van der Waals surface area contributed by atoms with Crippen molar-refractivity contribution in [1.82, 2.24) is 4.98 Å². The Hall–Kier alpha value is -2.28. The molecule has 4 nitrogen and oxygen atoms in total. The van der Waals surface area contributed by atoms with Gasteiger partial charge in [-0.3, -0.25) is 0 Å². The maximum atomic E-state index is 12.1. The van der Waals surface area contributed by atoms with Crippen LogP contribution in [0.5, 0.6) is 5.75 Å². The molecule has 1 aromatic heterocycles. The molecule has 0 bridgehead atoms. The number of esters is 1. The fraction of sp³-hybridized carbons (Fsp3) is 0.200. The average molecular weight is 325 g/mol. The van der Waals surface area contributed by atoms with Gasteiger partial charge in [-0.1, -0.05) is 12.1 Å². The predicted octanol–water partition coefficient (Wildman–Crippen LogP) is 3.77. The molecule has 0 aliphatic heterocycles. The Balaban J connectivity index is 2.31. The minimum atomic E-state index is -2.87. The molecule has 2 aromatic rings. The summed E-state index contributed by atoms with van der Waals surface area (Å²) in [4.78, 5) is 16.1. The highest BCUT2D eigenvalue weighted by Gasteiger charge is 2.16. The lowest BCUT2D eigenvalue weighted by atomic mass is 10.1. The van der Waals surface area contributed by atoms with Crippen LogP contribution in [0, 0.1) is 6.92 Å². The third-order valence-electron chi connectivity index (χ3n) is 2.67. The van der Waals surface area contributed by atoms with Crippen LogP contribution in [0.3, 0.4) is 0 Å². The standard InChI is InChI=1S/C15H13F2NO3S/c1-9-8-22-13(18-9)12(14(19)20-2)7-10-3-5-11(6-4-10)21-15(16)17/h3-8,15H,1-2H3/b12-7-. The van der Waals surface area contributed by atoms with Gasteiger partial charge in [-0.25, -0.2) is 9.78 Å². The number of halogens is 2. The molecule has 0 atom stereocenters. The van der Waals surface area contributed by atoms with Crippen LogP contribution in [0.4, 0.5) is 8.78 Å². The molecule has 0 N–H and O–H groups in total. The van der Waals surface area contributed by atoms with Crippen LogP contribution in [0.15, 0.2) is 29.6 Å². The van der Waals surface area contributed by atoms with Gasteiger partial charge in [-0.15, -0.1) is 11.3 Å². The van der Waals surface area contributed by atoms with Crippen LogP contribution in [0.2, 0.25) is 0 Å². The van der Waals surface area contributed by atoms with Crippen molar-refractivity contribution in [2.75, 3.05) is 7.11 Å². The van der Waals surface area contributed by atoms with Crippen LogP contribution >= 0.6 is 11.3 Å². The fourth-order valence-corrected chi connectivity index (χ4v) is 2.51.